The van der Waals surface area contributed by atoms with Crippen LogP contribution in [0, 0.1) is 0 Å². The topological polar surface area (TPSA) is 69.1 Å². The van der Waals surface area contributed by atoms with Gasteiger partial charge in [-0.15, -0.1) is 6.58 Å². The van der Waals surface area contributed by atoms with Gasteiger partial charge in [-0.2, -0.15) is 0 Å². The molecule has 0 unspecified atom stereocenters. The molecule has 0 aromatic rings. The summed E-state index contributed by atoms with van der Waals surface area (Å²) in [5.74, 6) is -0.481. The van der Waals surface area contributed by atoms with Crippen LogP contribution in [0.5, 0.6) is 0 Å². The lowest BCUT2D eigenvalue weighted by atomic mass is 10.6. The number of nitrogens with two attached hydrogens (primary N) is 2. The molecule has 0 atom stereocenters. The van der Waals surface area contributed by atoms with Crippen LogP contribution in [-0.2, 0) is 4.79 Å². The monoisotopic (exact) mass is 128 g/mol. The maximum absolute atomic E-state index is 9.47. The zero-order valence-corrected chi connectivity index (χ0v) is 5.34. The number of hydrogen-bond donors (Lipinski definition) is 2. The van der Waals surface area contributed by atoms with Gasteiger partial charge in [-0.3, -0.25) is 4.79 Å². The molecule has 3 nitrogen and oxygen atoms in total. The normalized spacial score (nSPS) is 6.33. The highest BCUT2D eigenvalue weighted by molar-refractivity contribution is 5.84. The van der Waals surface area contributed by atoms with E-state index in [0.29, 0.717) is 6.54 Å². The van der Waals surface area contributed by atoms with E-state index in [0.717, 1.165) is 6.08 Å². The van der Waals surface area contributed by atoms with Crippen LogP contribution >= 0.6 is 0 Å². The van der Waals surface area contributed by atoms with Gasteiger partial charge in [0.05, 0.1) is 0 Å². The molecule has 0 aliphatic rings. The number of carbonyl (C=O) groups is 1. The van der Waals surface area contributed by atoms with Crippen molar-refractivity contribution in [2.45, 2.75) is 0 Å². The van der Waals surface area contributed by atoms with E-state index in [4.69, 9.17) is 5.73 Å². The fourth-order valence-electron chi connectivity index (χ4n) is 0. The summed E-state index contributed by atoms with van der Waals surface area (Å²) in [6, 6.07) is 0. The van der Waals surface area contributed by atoms with Crippen molar-refractivity contribution >= 4 is 5.91 Å². The summed E-state index contributed by atoms with van der Waals surface area (Å²) in [4.78, 5) is 9.47. The average molecular weight is 128 g/mol. The number of hydrogen-bond acceptors (Lipinski definition) is 2. The van der Waals surface area contributed by atoms with Gasteiger partial charge in [0, 0.05) is 6.54 Å². The summed E-state index contributed by atoms with van der Waals surface area (Å²) < 4.78 is 0. The standard InChI is InChI=1S/C3H5NO.C3H7N/c1-2-3(4)5;1-2-3-4/h2H,1H2,(H2,4,5);2H,1,3-4H2. The van der Waals surface area contributed by atoms with E-state index in [1.807, 2.05) is 0 Å². The summed E-state index contributed by atoms with van der Waals surface area (Å²) >= 11 is 0. The van der Waals surface area contributed by atoms with Gasteiger partial charge in [0.1, 0.15) is 0 Å². The fraction of sp³-hybridized carbons (Fsp3) is 0.167. The maximum Gasteiger partial charge on any atom is 0.240 e. The lowest BCUT2D eigenvalue weighted by Gasteiger charge is -1.65. The van der Waals surface area contributed by atoms with Crippen LogP contribution in [0.4, 0.5) is 0 Å². The van der Waals surface area contributed by atoms with Gasteiger partial charge >= 0.3 is 0 Å². The summed E-state index contributed by atoms with van der Waals surface area (Å²) in [5.41, 5.74) is 9.44. The van der Waals surface area contributed by atoms with E-state index >= 15 is 0 Å². The predicted molar refractivity (Wildman–Crippen MR) is 38.6 cm³/mol. The van der Waals surface area contributed by atoms with Crippen LogP contribution in [0.25, 0.3) is 0 Å². The Morgan fingerprint density at radius 1 is 1.56 bits per heavy atom. The number of carbonyl (C=O) groups excluding carboxylic acids is 1. The van der Waals surface area contributed by atoms with E-state index in [2.05, 4.69) is 18.9 Å². The predicted octanol–water partition coefficient (Wildman–Crippen LogP) is -0.211. The molecule has 9 heavy (non-hydrogen) atoms. The van der Waals surface area contributed by atoms with Gasteiger partial charge in [-0.05, 0) is 6.08 Å². The fourth-order valence-corrected chi connectivity index (χ4v) is 0. The molecule has 0 aliphatic heterocycles. The van der Waals surface area contributed by atoms with Crippen molar-refractivity contribution in [3.8, 4) is 0 Å². The van der Waals surface area contributed by atoms with Gasteiger partial charge in [0.2, 0.25) is 5.91 Å². The molecule has 0 fully saturated rings. The van der Waals surface area contributed by atoms with Gasteiger partial charge < -0.3 is 11.5 Å². The Hall–Kier alpha value is -1.09. The van der Waals surface area contributed by atoms with Crippen LogP contribution in [0.3, 0.4) is 0 Å². The largest absolute Gasteiger partial charge is 0.366 e. The average Bonchev–Trinajstić information content (AvgIpc) is 1.89. The molecule has 0 rings (SSSR count). The molecule has 3 heteroatoms. The minimum absolute atomic E-state index is 0.481. The Morgan fingerprint density at radius 3 is 1.78 bits per heavy atom. The first-order valence-electron chi connectivity index (χ1n) is 2.41. The summed E-state index contributed by atoms with van der Waals surface area (Å²) in [6.07, 6.45) is 2.71. The third kappa shape index (κ3) is 45.7. The highest BCUT2D eigenvalue weighted by atomic mass is 16.1. The zero-order valence-electron chi connectivity index (χ0n) is 5.34. The van der Waals surface area contributed by atoms with Crippen LogP contribution in [0.15, 0.2) is 25.3 Å². The van der Waals surface area contributed by atoms with E-state index in [9.17, 15) is 4.79 Å². The molecule has 0 aromatic carbocycles. The molecule has 52 valence electrons. The summed E-state index contributed by atoms with van der Waals surface area (Å²) in [6.45, 7) is 7.02. The molecule has 0 radical (unpaired) electrons. The molecular formula is C6H12N2O. The number of amides is 1. The molecular weight excluding hydrogens is 116 g/mol. The van der Waals surface area contributed by atoms with Crippen LogP contribution in [-0.4, -0.2) is 12.5 Å². The van der Waals surface area contributed by atoms with Crippen molar-refractivity contribution in [1.29, 1.82) is 0 Å². The first kappa shape index (κ1) is 10.8. The van der Waals surface area contributed by atoms with Crippen molar-refractivity contribution in [2.24, 2.45) is 11.5 Å². The van der Waals surface area contributed by atoms with Crippen molar-refractivity contribution in [3.63, 3.8) is 0 Å². The molecule has 0 aliphatic carbocycles. The number of rotatable bonds is 2. The first-order valence-corrected chi connectivity index (χ1v) is 2.41. The third-order valence-corrected chi connectivity index (χ3v) is 0.368. The molecule has 0 saturated carbocycles. The minimum atomic E-state index is -0.481. The molecule has 0 saturated heterocycles. The Labute approximate surface area is 55.0 Å². The third-order valence-electron chi connectivity index (χ3n) is 0.368. The minimum Gasteiger partial charge on any atom is -0.366 e. The first-order chi connectivity index (χ1) is 4.18. The molecule has 0 spiro atoms. The highest BCUT2D eigenvalue weighted by Gasteiger charge is 1.69. The van der Waals surface area contributed by atoms with Gasteiger partial charge in [0.25, 0.3) is 0 Å². The van der Waals surface area contributed by atoms with Crippen molar-refractivity contribution in [3.05, 3.63) is 25.3 Å². The van der Waals surface area contributed by atoms with Gasteiger partial charge in [-0.25, -0.2) is 0 Å². The maximum atomic E-state index is 9.47. The summed E-state index contributed by atoms with van der Waals surface area (Å²) in [5, 5.41) is 0. The van der Waals surface area contributed by atoms with Crippen LogP contribution in [0.1, 0.15) is 0 Å². The summed E-state index contributed by atoms with van der Waals surface area (Å²) in [7, 11) is 0. The second-order valence-electron chi connectivity index (χ2n) is 1.13. The SMILES string of the molecule is C=CC(N)=O.C=CCN. The molecule has 1 amide bonds. The van der Waals surface area contributed by atoms with Crippen molar-refractivity contribution in [2.75, 3.05) is 6.54 Å². The van der Waals surface area contributed by atoms with Crippen molar-refractivity contribution in [1.82, 2.24) is 0 Å². The second kappa shape index (κ2) is 10.0. The van der Waals surface area contributed by atoms with E-state index < -0.39 is 5.91 Å². The molecule has 0 heterocycles. The Bertz CT molecular complexity index is 99.2. The van der Waals surface area contributed by atoms with E-state index in [1.165, 1.54) is 0 Å². The van der Waals surface area contributed by atoms with Gasteiger partial charge in [0.15, 0.2) is 0 Å². The van der Waals surface area contributed by atoms with Crippen molar-refractivity contribution < 1.29 is 4.79 Å². The number of primary amides is 1. The molecule has 0 aromatic heterocycles. The Morgan fingerprint density at radius 2 is 1.78 bits per heavy atom. The lowest BCUT2D eigenvalue weighted by Crippen LogP contribution is -2.04. The lowest BCUT2D eigenvalue weighted by molar-refractivity contribution is -0.113. The molecule has 0 bridgehead atoms. The Kier molecular flexibility index (Phi) is 12.0. The second-order valence-corrected chi connectivity index (χ2v) is 1.13. The molecule has 4 N–H and O–H groups in total. The van der Waals surface area contributed by atoms with Crippen LogP contribution in [0.2, 0.25) is 0 Å². The van der Waals surface area contributed by atoms with Gasteiger partial charge in [-0.1, -0.05) is 12.7 Å². The van der Waals surface area contributed by atoms with E-state index in [-0.39, 0.29) is 0 Å². The zero-order chi connectivity index (χ0) is 7.70. The smallest absolute Gasteiger partial charge is 0.240 e. The van der Waals surface area contributed by atoms with Crippen LogP contribution < -0.4 is 11.5 Å². The Balaban J connectivity index is 0. The van der Waals surface area contributed by atoms with E-state index in [1.54, 1.807) is 6.08 Å². The highest BCUT2D eigenvalue weighted by Crippen LogP contribution is 1.48. The quantitative estimate of drug-likeness (QED) is 0.399.